The minimum Gasteiger partial charge on any atom is -0.462 e. The van der Waals surface area contributed by atoms with Crippen molar-refractivity contribution in [1.29, 1.82) is 0 Å². The third kappa shape index (κ3) is 9.70. The van der Waals surface area contributed by atoms with Crippen molar-refractivity contribution in [1.82, 2.24) is 0 Å². The van der Waals surface area contributed by atoms with Gasteiger partial charge in [-0.25, -0.2) is 4.79 Å². The summed E-state index contributed by atoms with van der Waals surface area (Å²) in [6, 6.07) is 0. The molecular formula is C16H26FeO4. The molecule has 0 spiro atoms. The quantitative estimate of drug-likeness (QED) is 0.334. The van der Waals surface area contributed by atoms with Gasteiger partial charge < -0.3 is 9.47 Å². The van der Waals surface area contributed by atoms with Crippen molar-refractivity contribution in [3.8, 4) is 0 Å². The summed E-state index contributed by atoms with van der Waals surface area (Å²) in [6.07, 6.45) is 12.6. The largest absolute Gasteiger partial charge is 0.462 e. The Morgan fingerprint density at radius 3 is 1.86 bits per heavy atom. The summed E-state index contributed by atoms with van der Waals surface area (Å²) in [5.74, 6) is -0.603. The summed E-state index contributed by atoms with van der Waals surface area (Å²) in [6.45, 7) is 3.49. The van der Waals surface area contributed by atoms with Crippen LogP contribution < -0.4 is 0 Å². The Balaban J connectivity index is 0.000000562. The molecule has 5 heteroatoms. The summed E-state index contributed by atoms with van der Waals surface area (Å²) in [4.78, 5) is 22.0. The van der Waals surface area contributed by atoms with Gasteiger partial charge in [0.15, 0.2) is 0 Å². The van der Waals surface area contributed by atoms with Crippen LogP contribution >= 0.6 is 0 Å². The first-order valence-electron chi connectivity index (χ1n) is 7.70. The van der Waals surface area contributed by atoms with Crippen LogP contribution in [0.2, 0.25) is 0 Å². The molecule has 2 aliphatic rings. The van der Waals surface area contributed by atoms with Crippen molar-refractivity contribution in [2.24, 2.45) is 5.92 Å². The SMILES string of the molecule is C1CCCC1.C=CC(=O)OCCOC(=O)C1CCCC1.[Fe]. The molecule has 2 fully saturated rings. The zero-order chi connectivity index (χ0) is 14.6. The van der Waals surface area contributed by atoms with Crippen LogP contribution in [0.4, 0.5) is 0 Å². The van der Waals surface area contributed by atoms with Gasteiger partial charge >= 0.3 is 11.9 Å². The van der Waals surface area contributed by atoms with Gasteiger partial charge in [0, 0.05) is 23.1 Å². The third-order valence-corrected chi connectivity index (χ3v) is 3.68. The van der Waals surface area contributed by atoms with Crippen LogP contribution in [0.3, 0.4) is 0 Å². The maximum Gasteiger partial charge on any atom is 0.330 e. The van der Waals surface area contributed by atoms with E-state index >= 15 is 0 Å². The Morgan fingerprint density at radius 2 is 1.38 bits per heavy atom. The molecule has 0 saturated heterocycles. The monoisotopic (exact) mass is 338 g/mol. The van der Waals surface area contributed by atoms with E-state index in [1.165, 1.54) is 32.1 Å². The Morgan fingerprint density at radius 1 is 0.905 bits per heavy atom. The molecule has 0 aromatic carbocycles. The van der Waals surface area contributed by atoms with Gasteiger partial charge in [0.25, 0.3) is 0 Å². The molecular weight excluding hydrogens is 312 g/mol. The first-order valence-corrected chi connectivity index (χ1v) is 7.70. The Labute approximate surface area is 138 Å². The van der Waals surface area contributed by atoms with Crippen molar-refractivity contribution >= 4 is 11.9 Å². The zero-order valence-electron chi connectivity index (χ0n) is 12.6. The van der Waals surface area contributed by atoms with E-state index in [2.05, 4.69) is 11.3 Å². The average Bonchev–Trinajstić information content (AvgIpc) is 3.18. The Kier molecular flexibility index (Phi) is 12.4. The van der Waals surface area contributed by atoms with Gasteiger partial charge in [0.1, 0.15) is 13.2 Å². The first-order chi connectivity index (χ1) is 9.74. The molecule has 21 heavy (non-hydrogen) atoms. The van der Waals surface area contributed by atoms with Crippen LogP contribution in [-0.2, 0) is 36.1 Å². The predicted molar refractivity (Wildman–Crippen MR) is 77.2 cm³/mol. The molecule has 2 saturated carbocycles. The second-order valence-corrected chi connectivity index (χ2v) is 5.29. The fraction of sp³-hybridized carbons (Fsp3) is 0.750. The Bertz CT molecular complexity index is 300. The summed E-state index contributed by atoms with van der Waals surface area (Å²) < 4.78 is 9.64. The van der Waals surface area contributed by atoms with E-state index in [1.54, 1.807) is 0 Å². The number of rotatable bonds is 5. The van der Waals surface area contributed by atoms with E-state index in [-0.39, 0.29) is 42.2 Å². The van der Waals surface area contributed by atoms with Crippen molar-refractivity contribution in [2.45, 2.75) is 57.8 Å². The fourth-order valence-corrected chi connectivity index (χ4v) is 2.51. The molecule has 0 unspecified atom stereocenters. The van der Waals surface area contributed by atoms with E-state index in [1.807, 2.05) is 0 Å². The first kappa shape index (κ1) is 20.2. The topological polar surface area (TPSA) is 52.6 Å². The van der Waals surface area contributed by atoms with Crippen LogP contribution in [0.1, 0.15) is 57.8 Å². The van der Waals surface area contributed by atoms with Gasteiger partial charge in [-0.05, 0) is 12.8 Å². The van der Waals surface area contributed by atoms with Gasteiger partial charge in [-0.3, -0.25) is 4.79 Å². The molecule has 0 aliphatic heterocycles. The van der Waals surface area contributed by atoms with Crippen LogP contribution in [0.25, 0.3) is 0 Å². The standard InChI is InChI=1S/C11H16O4.C5H10.Fe/c1-2-10(12)14-7-8-15-11(13)9-5-3-4-6-9;1-2-4-5-3-1;/h2,9H,1,3-8H2;1-5H2;. The molecule has 0 radical (unpaired) electrons. The molecule has 0 atom stereocenters. The molecule has 122 valence electrons. The van der Waals surface area contributed by atoms with Gasteiger partial charge in [-0.15, -0.1) is 0 Å². The molecule has 4 nitrogen and oxygen atoms in total. The molecule has 0 aromatic heterocycles. The maximum atomic E-state index is 11.4. The number of carbonyl (C=O) groups excluding carboxylic acids is 2. The van der Waals surface area contributed by atoms with Crippen LogP contribution in [0.15, 0.2) is 12.7 Å². The van der Waals surface area contributed by atoms with E-state index < -0.39 is 5.97 Å². The molecule has 0 N–H and O–H groups in total. The molecule has 0 aromatic rings. The predicted octanol–water partition coefficient (Wildman–Crippen LogP) is 3.40. The zero-order valence-corrected chi connectivity index (χ0v) is 13.7. The van der Waals surface area contributed by atoms with E-state index in [0.717, 1.165) is 31.8 Å². The maximum absolute atomic E-state index is 11.4. The number of hydrogen-bond donors (Lipinski definition) is 0. The number of carbonyl (C=O) groups is 2. The number of hydrogen-bond acceptors (Lipinski definition) is 4. The van der Waals surface area contributed by atoms with Gasteiger partial charge in [0.05, 0.1) is 5.92 Å². The van der Waals surface area contributed by atoms with Gasteiger partial charge in [0.2, 0.25) is 0 Å². The van der Waals surface area contributed by atoms with Crippen molar-refractivity contribution in [3.63, 3.8) is 0 Å². The average molecular weight is 338 g/mol. The summed E-state index contributed by atoms with van der Waals surface area (Å²) in [5, 5.41) is 0. The fourth-order valence-electron chi connectivity index (χ4n) is 2.51. The van der Waals surface area contributed by atoms with Crippen molar-refractivity contribution < 1.29 is 36.1 Å². The van der Waals surface area contributed by atoms with E-state index in [4.69, 9.17) is 4.74 Å². The molecule has 0 heterocycles. The van der Waals surface area contributed by atoms with Crippen molar-refractivity contribution in [3.05, 3.63) is 12.7 Å². The summed E-state index contributed by atoms with van der Waals surface area (Å²) >= 11 is 0. The number of ether oxygens (including phenoxy) is 2. The van der Waals surface area contributed by atoms with Crippen molar-refractivity contribution in [2.75, 3.05) is 13.2 Å². The van der Waals surface area contributed by atoms with Crippen LogP contribution in [0.5, 0.6) is 0 Å². The van der Waals surface area contributed by atoms with Crippen LogP contribution in [-0.4, -0.2) is 25.2 Å². The molecule has 2 rings (SSSR count). The minimum atomic E-state index is -0.494. The summed E-state index contributed by atoms with van der Waals surface area (Å²) in [7, 11) is 0. The third-order valence-electron chi connectivity index (χ3n) is 3.68. The second kappa shape index (κ2) is 12.9. The van der Waals surface area contributed by atoms with E-state index in [9.17, 15) is 9.59 Å². The van der Waals surface area contributed by atoms with Crippen LogP contribution in [0, 0.1) is 5.92 Å². The smallest absolute Gasteiger partial charge is 0.330 e. The molecule has 2 aliphatic carbocycles. The normalized spacial score (nSPS) is 17.1. The van der Waals surface area contributed by atoms with E-state index in [0.29, 0.717) is 0 Å². The van der Waals surface area contributed by atoms with Gasteiger partial charge in [-0.1, -0.05) is 51.5 Å². The second-order valence-electron chi connectivity index (χ2n) is 5.29. The number of esters is 2. The van der Waals surface area contributed by atoms with Gasteiger partial charge in [-0.2, -0.15) is 0 Å². The molecule has 0 amide bonds. The Hall–Kier alpha value is -0.801. The summed E-state index contributed by atoms with van der Waals surface area (Å²) in [5.41, 5.74) is 0. The molecule has 0 bridgehead atoms. The minimum absolute atomic E-state index is 0.